The molecule has 9 amide bonds. The predicted molar refractivity (Wildman–Crippen MR) is 277 cm³/mol. The van der Waals surface area contributed by atoms with E-state index in [0.29, 0.717) is 24.0 Å². The number of hydrogen-bond donors (Lipinski definition) is 13. The van der Waals surface area contributed by atoms with Crippen LogP contribution in [0.2, 0.25) is 0 Å². The van der Waals surface area contributed by atoms with E-state index >= 15 is 0 Å². The minimum atomic E-state index is -1.70. The van der Waals surface area contributed by atoms with Gasteiger partial charge < -0.3 is 74.0 Å². The number of aliphatic carboxylic acids is 1. The number of carboxylic acid groups (broad SMARTS) is 1. The lowest BCUT2D eigenvalue weighted by molar-refractivity contribution is -0.144. The number of aromatic hydroxyl groups is 1. The van der Waals surface area contributed by atoms with Crippen LogP contribution in [0, 0.1) is 17.8 Å². The number of likely N-dealkylation sites (tertiary alicyclic amines) is 1. The summed E-state index contributed by atoms with van der Waals surface area (Å²) in [5.41, 5.74) is 12.7. The number of amides is 9. The van der Waals surface area contributed by atoms with E-state index in [1.54, 1.807) is 84.0 Å². The van der Waals surface area contributed by atoms with Crippen molar-refractivity contribution in [2.24, 2.45) is 29.2 Å². The molecule has 2 aromatic carbocycles. The van der Waals surface area contributed by atoms with Gasteiger partial charge in [0.2, 0.25) is 53.2 Å². The second-order valence-corrected chi connectivity index (χ2v) is 20.1. The molecule has 420 valence electrons. The zero-order valence-corrected chi connectivity index (χ0v) is 44.1. The topological polar surface area (TPSA) is 391 Å². The highest BCUT2D eigenvalue weighted by molar-refractivity contribution is 5.98. The van der Waals surface area contributed by atoms with Crippen molar-refractivity contribution in [2.45, 2.75) is 154 Å². The first kappa shape index (κ1) is 63.1. The zero-order valence-electron chi connectivity index (χ0n) is 44.1. The highest BCUT2D eigenvalue weighted by Gasteiger charge is 2.41. The number of phenols is 1. The third-order valence-electron chi connectivity index (χ3n) is 12.9. The number of carbonyl (C=O) groups is 10. The first-order valence-electron chi connectivity index (χ1n) is 25.6. The van der Waals surface area contributed by atoms with Crippen LogP contribution in [0.5, 0.6) is 5.75 Å². The maximum absolute atomic E-state index is 14.5. The van der Waals surface area contributed by atoms with Gasteiger partial charge in [-0.2, -0.15) is 0 Å². The fourth-order valence-electron chi connectivity index (χ4n) is 8.45. The third kappa shape index (κ3) is 20.2. The van der Waals surface area contributed by atoms with E-state index in [1.807, 2.05) is 0 Å². The summed E-state index contributed by atoms with van der Waals surface area (Å²) >= 11 is 0. The maximum atomic E-state index is 14.5. The smallest absolute Gasteiger partial charge is 0.326 e. The van der Waals surface area contributed by atoms with Crippen molar-refractivity contribution in [1.29, 1.82) is 0 Å². The van der Waals surface area contributed by atoms with E-state index in [1.165, 1.54) is 17.0 Å². The van der Waals surface area contributed by atoms with E-state index in [0.717, 1.165) is 0 Å². The largest absolute Gasteiger partial charge is 0.508 e. The van der Waals surface area contributed by atoms with Crippen molar-refractivity contribution < 1.29 is 68.4 Å². The van der Waals surface area contributed by atoms with Crippen LogP contribution in [-0.4, -0.2) is 159 Å². The number of carboxylic acids is 1. The number of aliphatic hydroxyl groups is 2. The van der Waals surface area contributed by atoms with Gasteiger partial charge in [-0.05, 0) is 79.5 Å². The van der Waals surface area contributed by atoms with Gasteiger partial charge in [-0.3, -0.25) is 43.2 Å². The van der Waals surface area contributed by atoms with Crippen molar-refractivity contribution >= 4 is 59.1 Å². The first-order chi connectivity index (χ1) is 35.9. The fraction of sp³-hybridized carbons (Fsp3) is 0.577. The molecule has 10 atom stereocenters. The molecule has 0 saturated carbocycles. The molecule has 3 rings (SSSR count). The van der Waals surface area contributed by atoms with Gasteiger partial charge in [0.05, 0.1) is 19.3 Å². The molecule has 1 saturated heterocycles. The minimum absolute atomic E-state index is 0.0228. The summed E-state index contributed by atoms with van der Waals surface area (Å²) in [6, 6.07) is 2.29. The SMILES string of the molecule is CC[C@H](C)[C@H](NC(=O)[C@H](CCC(N)=O)NC(=O)[C@@H]1CCCN1C(=O)[C@H](Cc1ccccc1)NC(=O)[C@H](CO)NC(=O)[C@H](CC(C)C)NC(=O)[C@H](CO)NC(=O)[C@H](CC(C)C)NC(=O)[C@@H](N)Cc1ccc(O)cc1)C(=O)O. The van der Waals surface area contributed by atoms with Crippen LogP contribution in [0.1, 0.15) is 97.6 Å². The Morgan fingerprint density at radius 2 is 1.09 bits per heavy atom. The van der Waals surface area contributed by atoms with Gasteiger partial charge in [0, 0.05) is 19.4 Å². The molecular weight excluding hydrogens is 989 g/mol. The third-order valence-corrected chi connectivity index (χ3v) is 12.9. The highest BCUT2D eigenvalue weighted by Crippen LogP contribution is 2.21. The number of nitrogens with zero attached hydrogens (tertiary/aromatic N) is 1. The van der Waals surface area contributed by atoms with Gasteiger partial charge in [-0.25, -0.2) is 4.79 Å². The molecule has 0 aliphatic carbocycles. The van der Waals surface area contributed by atoms with E-state index in [9.17, 15) is 68.4 Å². The second-order valence-electron chi connectivity index (χ2n) is 20.1. The Morgan fingerprint density at radius 3 is 1.58 bits per heavy atom. The number of benzene rings is 2. The van der Waals surface area contributed by atoms with Crippen LogP contribution in [0.25, 0.3) is 0 Å². The molecule has 0 aromatic heterocycles. The Kier molecular flexibility index (Phi) is 25.8. The zero-order chi connectivity index (χ0) is 56.8. The van der Waals surface area contributed by atoms with E-state index in [-0.39, 0.29) is 69.1 Å². The lowest BCUT2D eigenvalue weighted by Gasteiger charge is -2.31. The predicted octanol–water partition coefficient (Wildman–Crippen LogP) is -1.64. The van der Waals surface area contributed by atoms with Gasteiger partial charge >= 0.3 is 5.97 Å². The van der Waals surface area contributed by atoms with Crippen LogP contribution < -0.4 is 48.7 Å². The van der Waals surface area contributed by atoms with E-state index < -0.39 is 133 Å². The Bertz CT molecular complexity index is 2300. The summed E-state index contributed by atoms with van der Waals surface area (Å²) in [6.45, 7) is 8.58. The van der Waals surface area contributed by atoms with E-state index in [4.69, 9.17) is 11.5 Å². The summed E-state index contributed by atoms with van der Waals surface area (Å²) in [6.07, 6.45) is 0.309. The Morgan fingerprint density at radius 1 is 0.618 bits per heavy atom. The van der Waals surface area contributed by atoms with Gasteiger partial charge in [-0.15, -0.1) is 0 Å². The molecule has 1 aliphatic heterocycles. The second kappa shape index (κ2) is 31.0. The molecule has 0 spiro atoms. The lowest BCUT2D eigenvalue weighted by Crippen LogP contribution is -2.61. The van der Waals surface area contributed by atoms with Crippen molar-refractivity contribution in [2.75, 3.05) is 19.8 Å². The monoisotopic (exact) mass is 1070 g/mol. The number of carbonyl (C=O) groups excluding carboxylic acids is 9. The molecule has 15 N–H and O–H groups in total. The quantitative estimate of drug-likeness (QED) is 0.0403. The highest BCUT2D eigenvalue weighted by atomic mass is 16.4. The number of aliphatic hydroxyl groups excluding tert-OH is 2. The molecule has 0 radical (unpaired) electrons. The average molecular weight is 1070 g/mol. The molecule has 2 aromatic rings. The van der Waals surface area contributed by atoms with Crippen LogP contribution in [-0.2, 0) is 60.8 Å². The average Bonchev–Trinajstić information content (AvgIpc) is 3.87. The molecule has 1 fully saturated rings. The van der Waals surface area contributed by atoms with Crippen LogP contribution in [0.4, 0.5) is 0 Å². The van der Waals surface area contributed by atoms with Crippen molar-refractivity contribution in [1.82, 2.24) is 42.1 Å². The molecule has 1 heterocycles. The van der Waals surface area contributed by atoms with Gasteiger partial charge in [-0.1, -0.05) is 90.4 Å². The minimum Gasteiger partial charge on any atom is -0.508 e. The van der Waals surface area contributed by atoms with Crippen molar-refractivity contribution in [3.8, 4) is 5.75 Å². The van der Waals surface area contributed by atoms with Gasteiger partial charge in [0.15, 0.2) is 0 Å². The van der Waals surface area contributed by atoms with Crippen molar-refractivity contribution in [3.05, 3.63) is 65.7 Å². The Hall–Kier alpha value is -7.18. The van der Waals surface area contributed by atoms with Crippen LogP contribution in [0.3, 0.4) is 0 Å². The summed E-state index contributed by atoms with van der Waals surface area (Å²) in [5, 5.41) is 57.7. The normalized spacial score (nSPS) is 16.8. The first-order valence-corrected chi connectivity index (χ1v) is 25.6. The fourth-order valence-corrected chi connectivity index (χ4v) is 8.45. The summed E-state index contributed by atoms with van der Waals surface area (Å²) in [4.78, 5) is 135. The molecule has 0 unspecified atom stereocenters. The molecular formula is C52H78N10O14. The maximum Gasteiger partial charge on any atom is 0.326 e. The lowest BCUT2D eigenvalue weighted by atomic mass is 9.98. The molecule has 76 heavy (non-hydrogen) atoms. The number of nitrogens with two attached hydrogens (primary N) is 2. The molecule has 1 aliphatic rings. The standard InChI is InChI=1S/C52H78N10O14/c1-7-30(6)43(52(75)76)61-45(68)35(19-20-42(54)66)55-50(73)41-14-11-21-62(41)51(74)38(25-31-12-9-8-10-13-31)58-49(72)40(27-64)60-47(70)37(23-29(4)5)57-48(71)39(26-63)59-46(69)36(22-28(2)3)56-44(67)34(53)24-32-15-17-33(65)18-16-32/h8-10,12-13,15-18,28-30,34-41,43,63-65H,7,11,14,19-27,53H2,1-6H3,(H2,54,66)(H,55,73)(H,56,67)(H,57,71)(H,58,72)(H,59,69)(H,60,70)(H,61,68)(H,75,76)/t30-,34-,35-,36-,37-,38-,39-,40-,41-,43-/m0/s1. The van der Waals surface area contributed by atoms with Crippen LogP contribution in [0.15, 0.2) is 54.6 Å². The summed E-state index contributed by atoms with van der Waals surface area (Å²) in [5.74, 6) is -9.77. The number of phenolic OH excluding ortho intramolecular Hbond substituents is 1. The molecule has 24 heteroatoms. The Labute approximate surface area is 442 Å². The summed E-state index contributed by atoms with van der Waals surface area (Å²) < 4.78 is 0. The van der Waals surface area contributed by atoms with Gasteiger partial charge in [0.1, 0.15) is 54.1 Å². The number of rotatable bonds is 31. The number of hydrogen-bond acceptors (Lipinski definition) is 14. The summed E-state index contributed by atoms with van der Waals surface area (Å²) in [7, 11) is 0. The molecule has 0 bridgehead atoms. The van der Waals surface area contributed by atoms with Crippen molar-refractivity contribution in [3.63, 3.8) is 0 Å². The Balaban J connectivity index is 1.79. The van der Waals surface area contributed by atoms with Crippen LogP contribution >= 0.6 is 0 Å². The van der Waals surface area contributed by atoms with E-state index in [2.05, 4.69) is 37.2 Å². The number of primary amides is 1. The number of nitrogens with one attached hydrogen (secondary N) is 7. The molecule has 24 nitrogen and oxygen atoms in total. The van der Waals surface area contributed by atoms with Gasteiger partial charge in [0.25, 0.3) is 0 Å².